The Kier molecular flexibility index (Phi) is 10.0. The summed E-state index contributed by atoms with van der Waals surface area (Å²) in [5.74, 6) is 2.94. The second-order valence-electron chi connectivity index (χ2n) is 8.18. The molecule has 0 amide bonds. The smallest absolute Gasteiger partial charge is 0.193 e. The van der Waals surface area contributed by atoms with E-state index in [4.69, 9.17) is 4.74 Å². The van der Waals surface area contributed by atoms with Crippen LogP contribution in [0.4, 0.5) is 0 Å². The predicted octanol–water partition coefficient (Wildman–Crippen LogP) is 3.27. The summed E-state index contributed by atoms with van der Waals surface area (Å²) in [6.07, 6.45) is 1.19. The van der Waals surface area contributed by atoms with Crippen LogP contribution < -0.4 is 5.32 Å². The maximum atomic E-state index is 5.44. The third-order valence-corrected chi connectivity index (χ3v) is 5.93. The lowest BCUT2D eigenvalue weighted by Crippen LogP contribution is -2.49. The molecule has 158 valence electrons. The van der Waals surface area contributed by atoms with Gasteiger partial charge in [-0.15, -0.1) is 24.0 Å². The summed E-state index contributed by atoms with van der Waals surface area (Å²) in [4.78, 5) is 9.50. The molecule has 2 fully saturated rings. The molecule has 0 saturated carbocycles. The molecule has 0 spiro atoms. The lowest BCUT2D eigenvalue weighted by Gasteiger charge is -2.39. The van der Waals surface area contributed by atoms with Crippen molar-refractivity contribution in [3.8, 4) is 0 Å². The maximum absolute atomic E-state index is 5.44. The number of benzene rings is 1. The van der Waals surface area contributed by atoms with E-state index in [1.54, 1.807) is 0 Å². The van der Waals surface area contributed by atoms with Gasteiger partial charge in [-0.1, -0.05) is 44.2 Å². The fourth-order valence-corrected chi connectivity index (χ4v) is 4.42. The quantitative estimate of drug-likeness (QED) is 0.383. The van der Waals surface area contributed by atoms with Crippen LogP contribution >= 0.6 is 24.0 Å². The van der Waals surface area contributed by atoms with Gasteiger partial charge in [0.2, 0.25) is 0 Å². The summed E-state index contributed by atoms with van der Waals surface area (Å²) in [5, 5.41) is 3.62. The van der Waals surface area contributed by atoms with Crippen molar-refractivity contribution in [2.45, 2.75) is 26.2 Å². The van der Waals surface area contributed by atoms with Gasteiger partial charge >= 0.3 is 0 Å². The van der Waals surface area contributed by atoms with E-state index in [0.29, 0.717) is 17.8 Å². The Hall–Kier alpha value is -0.860. The Labute approximate surface area is 187 Å². The van der Waals surface area contributed by atoms with E-state index in [9.17, 15) is 0 Å². The average molecular weight is 500 g/mol. The van der Waals surface area contributed by atoms with E-state index in [1.807, 2.05) is 7.05 Å². The molecule has 2 saturated heterocycles. The second-order valence-corrected chi connectivity index (χ2v) is 8.18. The van der Waals surface area contributed by atoms with Gasteiger partial charge in [0.05, 0.1) is 13.2 Å². The first kappa shape index (κ1) is 23.4. The Morgan fingerprint density at radius 1 is 1.21 bits per heavy atom. The first-order valence-electron chi connectivity index (χ1n) is 10.5. The number of likely N-dealkylation sites (tertiary alicyclic amines) is 1. The molecule has 0 bridgehead atoms. The zero-order chi connectivity index (χ0) is 19.1. The van der Waals surface area contributed by atoms with Crippen LogP contribution in [0, 0.1) is 11.8 Å². The van der Waals surface area contributed by atoms with Crippen LogP contribution in [0.2, 0.25) is 0 Å². The summed E-state index contributed by atoms with van der Waals surface area (Å²) in [7, 11) is 1.91. The molecule has 3 atom stereocenters. The number of ether oxygens (including phenoxy) is 1. The molecule has 2 aliphatic heterocycles. The third-order valence-electron chi connectivity index (χ3n) is 5.93. The number of halogens is 1. The van der Waals surface area contributed by atoms with Crippen LogP contribution in [0.1, 0.15) is 31.7 Å². The van der Waals surface area contributed by atoms with Crippen LogP contribution in [0.3, 0.4) is 0 Å². The highest BCUT2D eigenvalue weighted by molar-refractivity contribution is 14.0. The van der Waals surface area contributed by atoms with E-state index in [-0.39, 0.29) is 24.0 Å². The van der Waals surface area contributed by atoms with Gasteiger partial charge in [0.1, 0.15) is 0 Å². The van der Waals surface area contributed by atoms with E-state index in [0.717, 1.165) is 58.4 Å². The third kappa shape index (κ3) is 6.59. The van der Waals surface area contributed by atoms with Crippen LogP contribution in [0.25, 0.3) is 0 Å². The van der Waals surface area contributed by atoms with Crippen molar-refractivity contribution >= 4 is 29.9 Å². The predicted molar refractivity (Wildman–Crippen MR) is 128 cm³/mol. The van der Waals surface area contributed by atoms with Gasteiger partial charge in [-0.25, -0.2) is 0 Å². The number of nitrogens with one attached hydrogen (secondary N) is 1. The van der Waals surface area contributed by atoms with Gasteiger partial charge in [0.25, 0.3) is 0 Å². The molecule has 0 aliphatic carbocycles. The topological polar surface area (TPSA) is 40.1 Å². The number of nitrogens with zero attached hydrogens (tertiary/aromatic N) is 3. The molecule has 28 heavy (non-hydrogen) atoms. The molecule has 2 heterocycles. The number of hydrogen-bond acceptors (Lipinski definition) is 3. The average Bonchev–Trinajstić information content (AvgIpc) is 2.70. The zero-order valence-corrected chi connectivity index (χ0v) is 20.0. The number of morpholine rings is 1. The molecule has 3 unspecified atom stereocenters. The maximum Gasteiger partial charge on any atom is 0.193 e. The van der Waals surface area contributed by atoms with Crippen molar-refractivity contribution in [1.29, 1.82) is 0 Å². The zero-order valence-electron chi connectivity index (χ0n) is 17.6. The van der Waals surface area contributed by atoms with Crippen molar-refractivity contribution in [3.05, 3.63) is 35.9 Å². The standard InChI is InChI=1S/C22H36N4O.HI/c1-18(16-25-11-13-27-14-12-25)15-24-22(23-3)26-10-9-21(19(2)17-26)20-7-5-4-6-8-20;/h4-8,18-19,21H,9-17H2,1-3H3,(H,23,24);1H. The second kappa shape index (κ2) is 12.0. The first-order chi connectivity index (χ1) is 13.2. The van der Waals surface area contributed by atoms with Gasteiger partial charge in [0.15, 0.2) is 5.96 Å². The summed E-state index contributed by atoms with van der Waals surface area (Å²) in [6.45, 7) is 12.8. The summed E-state index contributed by atoms with van der Waals surface area (Å²) < 4.78 is 5.44. The minimum absolute atomic E-state index is 0. The monoisotopic (exact) mass is 500 g/mol. The number of guanidine groups is 1. The van der Waals surface area contributed by atoms with Crippen molar-refractivity contribution in [3.63, 3.8) is 0 Å². The van der Waals surface area contributed by atoms with E-state index in [2.05, 4.69) is 64.3 Å². The number of aliphatic imine (C=N–C) groups is 1. The molecule has 2 aliphatic rings. The highest BCUT2D eigenvalue weighted by Gasteiger charge is 2.28. The number of piperidine rings is 1. The lowest BCUT2D eigenvalue weighted by atomic mass is 9.82. The number of rotatable bonds is 5. The van der Waals surface area contributed by atoms with Gasteiger partial charge < -0.3 is 15.0 Å². The van der Waals surface area contributed by atoms with Crippen molar-refractivity contribution in [2.24, 2.45) is 16.8 Å². The lowest BCUT2D eigenvalue weighted by molar-refractivity contribution is 0.0320. The summed E-state index contributed by atoms with van der Waals surface area (Å²) >= 11 is 0. The van der Waals surface area contributed by atoms with E-state index < -0.39 is 0 Å². The normalized spacial score (nSPS) is 25.1. The summed E-state index contributed by atoms with van der Waals surface area (Å²) in [6, 6.07) is 11.0. The Morgan fingerprint density at radius 2 is 1.93 bits per heavy atom. The molecule has 1 N–H and O–H groups in total. The minimum atomic E-state index is 0. The molecule has 0 aromatic heterocycles. The Bertz CT molecular complexity index is 591. The molecule has 6 heteroatoms. The summed E-state index contributed by atoms with van der Waals surface area (Å²) in [5.41, 5.74) is 1.48. The van der Waals surface area contributed by atoms with Gasteiger partial charge in [-0.3, -0.25) is 9.89 Å². The van der Waals surface area contributed by atoms with Gasteiger partial charge in [0, 0.05) is 46.3 Å². The Balaban J connectivity index is 0.00000280. The van der Waals surface area contributed by atoms with Crippen molar-refractivity contribution in [1.82, 2.24) is 15.1 Å². The Morgan fingerprint density at radius 3 is 2.57 bits per heavy atom. The minimum Gasteiger partial charge on any atom is -0.379 e. The molecular formula is C22H37IN4O. The SMILES string of the molecule is CN=C(NCC(C)CN1CCOCC1)N1CCC(c2ccccc2)C(C)C1.I. The van der Waals surface area contributed by atoms with E-state index in [1.165, 1.54) is 12.0 Å². The molecule has 0 radical (unpaired) electrons. The van der Waals surface area contributed by atoms with Crippen LogP contribution in [0.5, 0.6) is 0 Å². The van der Waals surface area contributed by atoms with E-state index >= 15 is 0 Å². The van der Waals surface area contributed by atoms with Gasteiger partial charge in [-0.2, -0.15) is 0 Å². The first-order valence-corrected chi connectivity index (χ1v) is 10.5. The molecule has 1 aromatic carbocycles. The molecule has 1 aromatic rings. The molecule has 5 nitrogen and oxygen atoms in total. The van der Waals surface area contributed by atoms with Crippen molar-refractivity contribution in [2.75, 3.05) is 59.5 Å². The highest BCUT2D eigenvalue weighted by atomic mass is 127. The van der Waals surface area contributed by atoms with Crippen LogP contribution in [-0.2, 0) is 4.74 Å². The fourth-order valence-electron chi connectivity index (χ4n) is 4.42. The van der Waals surface area contributed by atoms with Crippen LogP contribution in [-0.4, -0.2) is 75.3 Å². The molecule has 3 rings (SSSR count). The molecular weight excluding hydrogens is 463 g/mol. The van der Waals surface area contributed by atoms with Crippen molar-refractivity contribution < 1.29 is 4.74 Å². The van der Waals surface area contributed by atoms with Crippen LogP contribution in [0.15, 0.2) is 35.3 Å². The van der Waals surface area contributed by atoms with Gasteiger partial charge in [-0.05, 0) is 29.7 Å². The largest absolute Gasteiger partial charge is 0.379 e. The highest BCUT2D eigenvalue weighted by Crippen LogP contribution is 2.32. The fraction of sp³-hybridized carbons (Fsp3) is 0.682. The number of hydrogen-bond donors (Lipinski definition) is 1.